The van der Waals surface area contributed by atoms with E-state index in [2.05, 4.69) is 30.8 Å². The number of isocyanates is 2. The highest BCUT2D eigenvalue weighted by atomic mass is 16.1. The number of carbonyl (C=O) groups excluding carboxylic acids is 2. The van der Waals surface area contributed by atoms with Crippen molar-refractivity contribution in [2.75, 3.05) is 13.1 Å². The summed E-state index contributed by atoms with van der Waals surface area (Å²) in [6.07, 6.45) is 38.4. The van der Waals surface area contributed by atoms with Crippen molar-refractivity contribution in [3.8, 4) is 0 Å². The number of hydrogen-bond donors (Lipinski definition) is 0. The Kier molecular flexibility index (Phi) is 26.3. The maximum atomic E-state index is 10.3. The van der Waals surface area contributed by atoms with Crippen molar-refractivity contribution in [2.45, 2.75) is 188 Å². The minimum Gasteiger partial charge on any atom is -0.211 e. The lowest BCUT2D eigenvalue weighted by Crippen LogP contribution is -2.32. The lowest BCUT2D eigenvalue weighted by molar-refractivity contribution is 0.0909. The second-order valence-electron chi connectivity index (χ2n) is 13.9. The van der Waals surface area contributed by atoms with Crippen LogP contribution in [0.3, 0.4) is 0 Å². The number of nitrogens with zero attached hydrogens (tertiary/aromatic N) is 2. The van der Waals surface area contributed by atoms with Crippen LogP contribution in [0.4, 0.5) is 0 Å². The first kappa shape index (κ1) is 38.8. The van der Waals surface area contributed by atoms with Gasteiger partial charge in [0.1, 0.15) is 0 Å². The van der Waals surface area contributed by atoms with E-state index in [1.165, 1.54) is 154 Å². The SMILES string of the molecule is CCCCCCCCC(C(C)C1CCCCC1)C(CCCCCCCCN=C=O)C(C)CCCCCCCCN=C=O. The first-order valence-corrected chi connectivity index (χ1v) is 18.7. The van der Waals surface area contributed by atoms with E-state index in [1.807, 2.05) is 0 Å². The highest BCUT2D eigenvalue weighted by Gasteiger charge is 2.34. The second-order valence-corrected chi connectivity index (χ2v) is 13.9. The van der Waals surface area contributed by atoms with Crippen LogP contribution in [0.5, 0.6) is 0 Å². The van der Waals surface area contributed by atoms with Crippen molar-refractivity contribution in [3.05, 3.63) is 0 Å². The van der Waals surface area contributed by atoms with E-state index in [4.69, 9.17) is 0 Å². The topological polar surface area (TPSA) is 58.9 Å². The Labute approximate surface area is 261 Å². The maximum Gasteiger partial charge on any atom is 0.234 e. The average Bonchev–Trinajstić information content (AvgIpc) is 3.01. The Morgan fingerprint density at radius 3 is 1.48 bits per heavy atom. The Hall–Kier alpha value is -1.24. The molecular weight excluding hydrogens is 516 g/mol. The molecular formula is C38H70N2O2. The van der Waals surface area contributed by atoms with E-state index in [1.54, 1.807) is 12.2 Å². The predicted octanol–water partition coefficient (Wildman–Crippen LogP) is 12.0. The van der Waals surface area contributed by atoms with Gasteiger partial charge < -0.3 is 0 Å². The molecule has 0 heterocycles. The van der Waals surface area contributed by atoms with E-state index in [-0.39, 0.29) is 0 Å². The van der Waals surface area contributed by atoms with Crippen LogP contribution in [0.15, 0.2) is 9.98 Å². The fourth-order valence-corrected chi connectivity index (χ4v) is 7.91. The van der Waals surface area contributed by atoms with Crippen LogP contribution in [0.2, 0.25) is 0 Å². The van der Waals surface area contributed by atoms with E-state index in [0.29, 0.717) is 13.1 Å². The van der Waals surface area contributed by atoms with Crippen molar-refractivity contribution in [3.63, 3.8) is 0 Å². The fraction of sp³-hybridized carbons (Fsp3) is 0.947. The molecule has 0 spiro atoms. The van der Waals surface area contributed by atoms with Crippen molar-refractivity contribution < 1.29 is 9.59 Å². The van der Waals surface area contributed by atoms with Crippen molar-refractivity contribution >= 4 is 12.2 Å². The molecule has 4 nitrogen and oxygen atoms in total. The maximum absolute atomic E-state index is 10.3. The zero-order valence-corrected chi connectivity index (χ0v) is 28.4. The first-order valence-electron chi connectivity index (χ1n) is 18.7. The van der Waals surface area contributed by atoms with Gasteiger partial charge in [0.05, 0.1) is 13.1 Å². The molecule has 4 atom stereocenters. The summed E-state index contributed by atoms with van der Waals surface area (Å²) < 4.78 is 0. The standard InChI is InChI=1S/C38H70N2O2/c1-4-5-6-7-13-22-29-38(35(3)36-26-19-17-20-27-36)37(28-21-14-9-11-16-24-31-40-33-42)34(2)25-18-12-8-10-15-23-30-39-32-41/h34-38H,4-31H2,1-3H3. The number of aliphatic imine (C=N–C) groups is 2. The summed E-state index contributed by atoms with van der Waals surface area (Å²) in [5.74, 6) is 4.43. The van der Waals surface area contributed by atoms with Crippen molar-refractivity contribution in [1.82, 2.24) is 0 Å². The van der Waals surface area contributed by atoms with Crippen LogP contribution in [-0.2, 0) is 9.59 Å². The summed E-state index contributed by atoms with van der Waals surface area (Å²) in [5, 5.41) is 0. The highest BCUT2D eigenvalue weighted by Crippen LogP contribution is 2.43. The van der Waals surface area contributed by atoms with Crippen LogP contribution in [0.1, 0.15) is 188 Å². The van der Waals surface area contributed by atoms with Crippen molar-refractivity contribution in [1.29, 1.82) is 0 Å². The monoisotopic (exact) mass is 587 g/mol. The van der Waals surface area contributed by atoms with Gasteiger partial charge in [-0.3, -0.25) is 0 Å². The first-order chi connectivity index (χ1) is 20.7. The fourth-order valence-electron chi connectivity index (χ4n) is 7.91. The van der Waals surface area contributed by atoms with Gasteiger partial charge in [-0.25, -0.2) is 19.6 Å². The van der Waals surface area contributed by atoms with E-state index < -0.39 is 0 Å². The van der Waals surface area contributed by atoms with Gasteiger partial charge in [0.2, 0.25) is 12.2 Å². The van der Waals surface area contributed by atoms with Crippen LogP contribution in [0, 0.1) is 29.6 Å². The Bertz CT molecular complexity index is 691. The molecule has 4 heteroatoms. The van der Waals surface area contributed by atoms with Crippen LogP contribution in [-0.4, -0.2) is 25.2 Å². The van der Waals surface area contributed by atoms with E-state index in [9.17, 15) is 9.59 Å². The molecule has 0 amide bonds. The van der Waals surface area contributed by atoms with E-state index in [0.717, 1.165) is 42.4 Å². The summed E-state index contributed by atoms with van der Waals surface area (Å²) in [5.41, 5.74) is 0. The summed E-state index contributed by atoms with van der Waals surface area (Å²) in [6.45, 7) is 8.89. The molecule has 1 rings (SSSR count). The molecule has 1 saturated carbocycles. The molecule has 0 N–H and O–H groups in total. The molecule has 244 valence electrons. The Morgan fingerprint density at radius 2 is 0.976 bits per heavy atom. The molecule has 0 aromatic rings. The van der Waals surface area contributed by atoms with Crippen LogP contribution < -0.4 is 0 Å². The Morgan fingerprint density at radius 1 is 0.548 bits per heavy atom. The van der Waals surface area contributed by atoms with Crippen LogP contribution in [0.25, 0.3) is 0 Å². The third kappa shape index (κ3) is 19.9. The third-order valence-electron chi connectivity index (χ3n) is 10.6. The highest BCUT2D eigenvalue weighted by molar-refractivity contribution is 5.32. The van der Waals surface area contributed by atoms with Gasteiger partial charge in [0, 0.05) is 0 Å². The lowest BCUT2D eigenvalue weighted by Gasteiger charge is -2.41. The molecule has 1 fully saturated rings. The quantitative estimate of drug-likeness (QED) is 0.0497. The molecule has 0 saturated heterocycles. The number of rotatable bonds is 29. The van der Waals surface area contributed by atoms with Crippen molar-refractivity contribution in [2.24, 2.45) is 39.6 Å². The molecule has 0 aliphatic heterocycles. The molecule has 1 aliphatic rings. The minimum atomic E-state index is 0.649. The van der Waals surface area contributed by atoms with Gasteiger partial charge >= 0.3 is 0 Å². The summed E-state index contributed by atoms with van der Waals surface area (Å²) >= 11 is 0. The van der Waals surface area contributed by atoms with E-state index >= 15 is 0 Å². The zero-order chi connectivity index (χ0) is 30.5. The second kappa shape index (κ2) is 28.5. The predicted molar refractivity (Wildman–Crippen MR) is 180 cm³/mol. The summed E-state index contributed by atoms with van der Waals surface area (Å²) in [6, 6.07) is 0. The van der Waals surface area contributed by atoms with Gasteiger partial charge in [-0.1, -0.05) is 162 Å². The van der Waals surface area contributed by atoms with Gasteiger partial charge in [-0.05, 0) is 55.3 Å². The van der Waals surface area contributed by atoms with Gasteiger partial charge in [-0.2, -0.15) is 0 Å². The minimum absolute atomic E-state index is 0.649. The third-order valence-corrected chi connectivity index (χ3v) is 10.6. The molecule has 42 heavy (non-hydrogen) atoms. The largest absolute Gasteiger partial charge is 0.234 e. The van der Waals surface area contributed by atoms with Gasteiger partial charge in [0.15, 0.2) is 0 Å². The summed E-state index contributed by atoms with van der Waals surface area (Å²) in [4.78, 5) is 27.9. The zero-order valence-electron chi connectivity index (χ0n) is 28.4. The summed E-state index contributed by atoms with van der Waals surface area (Å²) in [7, 11) is 0. The molecule has 1 aliphatic carbocycles. The van der Waals surface area contributed by atoms with Gasteiger partial charge in [-0.15, -0.1) is 0 Å². The smallest absolute Gasteiger partial charge is 0.211 e. The van der Waals surface area contributed by atoms with Crippen LogP contribution >= 0.6 is 0 Å². The molecule has 0 aromatic heterocycles. The number of unbranched alkanes of at least 4 members (excludes halogenated alkanes) is 15. The molecule has 0 radical (unpaired) electrons. The average molecular weight is 587 g/mol. The molecule has 0 bridgehead atoms. The lowest BCUT2D eigenvalue weighted by atomic mass is 9.65. The molecule has 0 aromatic carbocycles. The van der Waals surface area contributed by atoms with Gasteiger partial charge in [0.25, 0.3) is 0 Å². The normalized spacial score (nSPS) is 16.7. The number of hydrogen-bond acceptors (Lipinski definition) is 4. The molecule has 4 unspecified atom stereocenters. The Balaban J connectivity index is 2.72.